The first kappa shape index (κ1) is 26.9. The van der Waals surface area contributed by atoms with Gasteiger partial charge in [-0.15, -0.1) is 0 Å². The van der Waals surface area contributed by atoms with Gasteiger partial charge in [0, 0.05) is 6.42 Å². The zero-order valence-corrected chi connectivity index (χ0v) is 22.6. The van der Waals surface area contributed by atoms with Crippen LogP contribution in [-0.4, -0.2) is 50.3 Å². The van der Waals surface area contributed by atoms with Gasteiger partial charge in [-0.3, -0.25) is 9.36 Å². The molecule has 0 amide bonds. The summed E-state index contributed by atoms with van der Waals surface area (Å²) in [6.07, 6.45) is -2.49. The molecule has 0 radical (unpaired) electrons. The molecule has 2 aromatic carbocycles. The third-order valence-electron chi connectivity index (χ3n) is 6.72. The average molecular weight is 544 g/mol. The molecular weight excluding hydrogens is 514 g/mol. The first-order valence-corrected chi connectivity index (χ1v) is 12.8. The lowest BCUT2D eigenvalue weighted by Crippen LogP contribution is -2.32. The van der Waals surface area contributed by atoms with Crippen LogP contribution in [0.2, 0.25) is 0 Å². The molecule has 2 aromatic heterocycles. The Hall–Kier alpha value is -4.64. The van der Waals surface area contributed by atoms with Crippen LogP contribution in [0.5, 0.6) is 0 Å². The number of nitrogen functional groups attached to an aromatic ring is 1. The second-order valence-corrected chi connectivity index (χ2v) is 9.84. The number of carbonyl (C=O) groups is 2. The lowest BCUT2D eigenvalue weighted by Gasteiger charge is -2.19. The minimum absolute atomic E-state index is 0.103. The maximum absolute atomic E-state index is 13.3. The SMILES string of the molecule is Cc1ccc(C(=O)OC[C@H]2O[C@@H](n3c(=O)c(C)nc4c(N)nc(C)nc43)C[C@H]2OC(=O)c2ccc(C)cc2)cc1. The Morgan fingerprint density at radius 2 is 1.52 bits per heavy atom. The molecule has 1 fully saturated rings. The lowest BCUT2D eigenvalue weighted by molar-refractivity contribution is -0.0570. The number of ether oxygens (including phenoxy) is 3. The smallest absolute Gasteiger partial charge is 0.338 e. The van der Waals surface area contributed by atoms with Crippen molar-refractivity contribution in [1.29, 1.82) is 0 Å². The van der Waals surface area contributed by atoms with E-state index in [0.29, 0.717) is 17.0 Å². The van der Waals surface area contributed by atoms with Gasteiger partial charge in [-0.25, -0.2) is 24.5 Å². The van der Waals surface area contributed by atoms with Gasteiger partial charge in [-0.05, 0) is 52.0 Å². The number of hydrogen-bond donors (Lipinski definition) is 1. The fourth-order valence-corrected chi connectivity index (χ4v) is 4.56. The van der Waals surface area contributed by atoms with E-state index in [1.165, 1.54) is 4.57 Å². The third kappa shape index (κ3) is 5.41. The number of aromatic nitrogens is 4. The van der Waals surface area contributed by atoms with Gasteiger partial charge in [0.1, 0.15) is 42.1 Å². The predicted molar refractivity (Wildman–Crippen MR) is 146 cm³/mol. The zero-order chi connectivity index (χ0) is 28.6. The van der Waals surface area contributed by atoms with Gasteiger partial charge in [-0.1, -0.05) is 35.4 Å². The van der Waals surface area contributed by atoms with E-state index in [0.717, 1.165) is 11.1 Å². The van der Waals surface area contributed by atoms with Crippen LogP contribution in [0.15, 0.2) is 53.3 Å². The largest absolute Gasteiger partial charge is 0.459 e. The zero-order valence-electron chi connectivity index (χ0n) is 22.6. The molecule has 11 heteroatoms. The van der Waals surface area contributed by atoms with Crippen molar-refractivity contribution in [1.82, 2.24) is 19.5 Å². The van der Waals surface area contributed by atoms with E-state index in [-0.39, 0.29) is 35.7 Å². The Bertz CT molecular complexity index is 1650. The normalized spacial score (nSPS) is 18.6. The number of anilines is 1. The highest BCUT2D eigenvalue weighted by molar-refractivity contribution is 5.90. The Balaban J connectivity index is 1.46. The first-order valence-electron chi connectivity index (χ1n) is 12.8. The highest BCUT2D eigenvalue weighted by atomic mass is 16.6. The first-order chi connectivity index (χ1) is 19.1. The van der Waals surface area contributed by atoms with E-state index in [4.69, 9.17) is 19.9 Å². The van der Waals surface area contributed by atoms with Gasteiger partial charge in [0.2, 0.25) is 0 Å². The predicted octanol–water partition coefficient (Wildman–Crippen LogP) is 3.37. The lowest BCUT2D eigenvalue weighted by atomic mass is 10.1. The molecule has 3 heterocycles. The molecule has 1 aliphatic heterocycles. The third-order valence-corrected chi connectivity index (χ3v) is 6.72. The molecule has 5 rings (SSSR count). The summed E-state index contributed by atoms with van der Waals surface area (Å²) in [5.74, 6) is -0.625. The van der Waals surface area contributed by atoms with Crippen LogP contribution in [0.3, 0.4) is 0 Å². The van der Waals surface area contributed by atoms with E-state index in [2.05, 4.69) is 15.0 Å². The van der Waals surface area contributed by atoms with Crippen LogP contribution >= 0.6 is 0 Å². The number of fused-ring (bicyclic) bond motifs is 1. The van der Waals surface area contributed by atoms with E-state index < -0.39 is 35.9 Å². The van der Waals surface area contributed by atoms with Gasteiger partial charge in [0.05, 0.1) is 11.1 Å². The number of carbonyl (C=O) groups excluding carboxylic acids is 2. The van der Waals surface area contributed by atoms with E-state index in [1.54, 1.807) is 38.1 Å². The average Bonchev–Trinajstić information content (AvgIpc) is 3.31. The van der Waals surface area contributed by atoms with Crippen molar-refractivity contribution in [3.8, 4) is 0 Å². The van der Waals surface area contributed by atoms with E-state index in [9.17, 15) is 14.4 Å². The number of nitrogens with two attached hydrogens (primary N) is 1. The highest BCUT2D eigenvalue weighted by Gasteiger charge is 2.41. The molecule has 0 saturated carbocycles. The van der Waals surface area contributed by atoms with Crippen molar-refractivity contribution >= 4 is 28.9 Å². The van der Waals surface area contributed by atoms with Crippen molar-refractivity contribution in [3.05, 3.63) is 92.7 Å². The van der Waals surface area contributed by atoms with Gasteiger partial charge in [0.25, 0.3) is 5.56 Å². The van der Waals surface area contributed by atoms with Crippen LogP contribution in [0, 0.1) is 27.7 Å². The molecule has 3 atom stereocenters. The standard InChI is InChI=1S/C29H29N5O6/c1-15-5-9-19(10-6-15)28(36)38-14-22-21(40-29(37)20-11-7-16(2)8-12-20)13-23(39-22)34-26-24(31-17(3)27(34)35)25(30)32-18(4)33-26/h5-12,21-23H,13-14H2,1-4H3,(H2,30,32,33)/t21-,22-,23-/m1/s1. The van der Waals surface area contributed by atoms with Crippen LogP contribution in [0.25, 0.3) is 11.2 Å². The molecule has 0 bridgehead atoms. The fourth-order valence-electron chi connectivity index (χ4n) is 4.56. The number of rotatable bonds is 6. The molecule has 40 heavy (non-hydrogen) atoms. The Morgan fingerprint density at radius 3 is 2.15 bits per heavy atom. The number of nitrogens with zero attached hydrogens (tertiary/aromatic N) is 4. The second kappa shape index (κ2) is 10.9. The monoisotopic (exact) mass is 543 g/mol. The van der Waals surface area contributed by atoms with Crippen molar-refractivity contribution in [2.24, 2.45) is 0 Å². The van der Waals surface area contributed by atoms with Gasteiger partial charge in [0.15, 0.2) is 11.5 Å². The van der Waals surface area contributed by atoms with E-state index in [1.807, 2.05) is 38.1 Å². The summed E-state index contributed by atoms with van der Waals surface area (Å²) in [5, 5.41) is 0. The topological polar surface area (TPSA) is 149 Å². The summed E-state index contributed by atoms with van der Waals surface area (Å²) in [7, 11) is 0. The fraction of sp³-hybridized carbons (Fsp3) is 0.310. The van der Waals surface area contributed by atoms with Crippen LogP contribution in [0.4, 0.5) is 5.82 Å². The maximum atomic E-state index is 13.3. The number of aryl methyl sites for hydroxylation is 4. The minimum atomic E-state index is -0.899. The molecule has 0 aliphatic carbocycles. The van der Waals surface area contributed by atoms with Gasteiger partial charge >= 0.3 is 11.9 Å². The summed E-state index contributed by atoms with van der Waals surface area (Å²) < 4.78 is 19.0. The Labute approximate surface area is 229 Å². The van der Waals surface area contributed by atoms with Crippen LogP contribution in [-0.2, 0) is 14.2 Å². The van der Waals surface area contributed by atoms with Crippen molar-refractivity contribution < 1.29 is 23.8 Å². The summed E-state index contributed by atoms with van der Waals surface area (Å²) >= 11 is 0. The van der Waals surface area contributed by atoms with Gasteiger partial charge < -0.3 is 19.9 Å². The van der Waals surface area contributed by atoms with Crippen LogP contribution in [0.1, 0.15) is 56.0 Å². The molecule has 11 nitrogen and oxygen atoms in total. The van der Waals surface area contributed by atoms with Crippen molar-refractivity contribution in [2.45, 2.75) is 52.6 Å². The molecule has 1 saturated heterocycles. The number of hydrogen-bond acceptors (Lipinski definition) is 10. The van der Waals surface area contributed by atoms with Crippen LogP contribution < -0.4 is 11.3 Å². The summed E-state index contributed by atoms with van der Waals surface area (Å²) in [6.45, 7) is 6.84. The molecule has 0 spiro atoms. The minimum Gasteiger partial charge on any atom is -0.459 e. The Kier molecular flexibility index (Phi) is 7.31. The van der Waals surface area contributed by atoms with Crippen molar-refractivity contribution in [2.75, 3.05) is 12.3 Å². The highest BCUT2D eigenvalue weighted by Crippen LogP contribution is 2.33. The molecule has 4 aromatic rings. The number of benzene rings is 2. The van der Waals surface area contributed by atoms with Gasteiger partial charge in [-0.2, -0.15) is 0 Å². The maximum Gasteiger partial charge on any atom is 0.338 e. The Morgan fingerprint density at radius 1 is 0.925 bits per heavy atom. The summed E-state index contributed by atoms with van der Waals surface area (Å²) in [4.78, 5) is 51.9. The summed E-state index contributed by atoms with van der Waals surface area (Å²) in [5.41, 5.74) is 9.04. The summed E-state index contributed by atoms with van der Waals surface area (Å²) in [6, 6.07) is 13.9. The second-order valence-electron chi connectivity index (χ2n) is 9.84. The molecule has 1 aliphatic rings. The number of esters is 2. The quantitative estimate of drug-likeness (QED) is 0.359. The van der Waals surface area contributed by atoms with Crippen molar-refractivity contribution in [3.63, 3.8) is 0 Å². The molecule has 2 N–H and O–H groups in total. The van der Waals surface area contributed by atoms with E-state index >= 15 is 0 Å². The molecule has 206 valence electrons. The molecular formula is C29H29N5O6. The molecule has 0 unspecified atom stereocenters.